The van der Waals surface area contributed by atoms with Crippen molar-refractivity contribution in [2.75, 3.05) is 5.75 Å². The molecule has 0 aliphatic heterocycles. The number of esters is 1. The van der Waals surface area contributed by atoms with E-state index in [1.54, 1.807) is 36.4 Å². The van der Waals surface area contributed by atoms with Gasteiger partial charge in [-0.2, -0.15) is 0 Å². The summed E-state index contributed by atoms with van der Waals surface area (Å²) in [5.74, 6) is -5.59. The normalized spacial score (nSPS) is 16.2. The number of benzene rings is 2. The predicted octanol–water partition coefficient (Wildman–Crippen LogP) is 5.63. The maximum atomic E-state index is 13.4. The van der Waals surface area contributed by atoms with Gasteiger partial charge < -0.3 is 4.74 Å². The first kappa shape index (κ1) is 24.0. The van der Waals surface area contributed by atoms with Crippen molar-refractivity contribution in [2.45, 2.75) is 49.5 Å². The van der Waals surface area contributed by atoms with Gasteiger partial charge in [0.1, 0.15) is 6.10 Å². The number of sulfone groups is 1. The molecule has 1 atom stereocenters. The van der Waals surface area contributed by atoms with Crippen LogP contribution >= 0.6 is 0 Å². The van der Waals surface area contributed by atoms with Crippen molar-refractivity contribution in [3.8, 4) is 0 Å². The summed E-state index contributed by atoms with van der Waals surface area (Å²) in [4.78, 5) is 11.9. The summed E-state index contributed by atoms with van der Waals surface area (Å²) in [6, 6.07) is 9.57. The molecule has 32 heavy (non-hydrogen) atoms. The Morgan fingerprint density at radius 3 is 2.25 bits per heavy atom. The van der Waals surface area contributed by atoms with Crippen molar-refractivity contribution in [1.82, 2.24) is 0 Å². The van der Waals surface area contributed by atoms with E-state index in [0.717, 1.165) is 32.1 Å². The second-order valence-electron chi connectivity index (χ2n) is 7.90. The molecular weight excluding hydrogens is 441 g/mol. The third-order valence-corrected chi connectivity index (χ3v) is 7.20. The minimum absolute atomic E-state index is 0.179. The smallest absolute Gasteiger partial charge is 0.338 e. The van der Waals surface area contributed by atoms with Gasteiger partial charge in [-0.3, -0.25) is 0 Å². The molecule has 0 radical (unpaired) electrons. The highest BCUT2D eigenvalue weighted by Gasteiger charge is 2.26. The van der Waals surface area contributed by atoms with Gasteiger partial charge in [-0.15, -0.1) is 0 Å². The van der Waals surface area contributed by atoms with Crippen LogP contribution in [0.3, 0.4) is 0 Å². The molecule has 1 fully saturated rings. The summed E-state index contributed by atoms with van der Waals surface area (Å²) in [5.41, 5.74) is 0.445. The summed E-state index contributed by atoms with van der Waals surface area (Å²) in [6.45, 7) is 0. The van der Waals surface area contributed by atoms with Crippen LogP contribution in [0.5, 0.6) is 0 Å². The van der Waals surface area contributed by atoms with Crippen LogP contribution in [0.15, 0.2) is 59.5 Å². The van der Waals surface area contributed by atoms with Crippen molar-refractivity contribution in [2.24, 2.45) is 5.92 Å². The minimum Gasteiger partial charge on any atom is -0.458 e. The standard InChI is InChI=1S/C24H25F3O4S/c25-20-15-19(16-21(26)23(20)27)32(29,30)14-8-7-13-22(17-9-3-1-4-10-17)31-24(28)18-11-5-2-6-12-18/h2,5-8,11-12,15-17,22H,1,3-4,9-10,13-14H2/b8-7+. The fraction of sp³-hybridized carbons (Fsp3) is 0.375. The summed E-state index contributed by atoms with van der Waals surface area (Å²) < 4.78 is 70.4. The van der Waals surface area contributed by atoms with Crippen LogP contribution < -0.4 is 0 Å². The Kier molecular flexibility index (Phi) is 8.12. The molecular formula is C24H25F3O4S. The van der Waals surface area contributed by atoms with Crippen molar-refractivity contribution in [3.63, 3.8) is 0 Å². The van der Waals surface area contributed by atoms with Crippen LogP contribution in [0, 0.1) is 23.4 Å². The van der Waals surface area contributed by atoms with Gasteiger partial charge in [0, 0.05) is 6.42 Å². The molecule has 0 aromatic heterocycles. The fourth-order valence-corrected chi connectivity index (χ4v) is 5.00. The maximum absolute atomic E-state index is 13.4. The molecule has 8 heteroatoms. The quantitative estimate of drug-likeness (QED) is 0.219. The zero-order valence-electron chi connectivity index (χ0n) is 17.5. The van der Waals surface area contributed by atoms with Crippen molar-refractivity contribution < 1.29 is 31.1 Å². The molecule has 1 aliphatic rings. The molecule has 4 nitrogen and oxygen atoms in total. The lowest BCUT2D eigenvalue weighted by Crippen LogP contribution is -2.28. The Balaban J connectivity index is 1.67. The topological polar surface area (TPSA) is 60.4 Å². The monoisotopic (exact) mass is 466 g/mol. The van der Waals surface area contributed by atoms with E-state index in [1.807, 2.05) is 0 Å². The Labute approximate surface area is 186 Å². The molecule has 172 valence electrons. The molecule has 2 aromatic rings. The van der Waals surface area contributed by atoms with Gasteiger partial charge in [0.25, 0.3) is 0 Å². The Morgan fingerprint density at radius 1 is 1.00 bits per heavy atom. The van der Waals surface area contributed by atoms with E-state index in [-0.39, 0.29) is 5.92 Å². The van der Waals surface area contributed by atoms with Gasteiger partial charge in [-0.25, -0.2) is 26.4 Å². The highest BCUT2D eigenvalue weighted by molar-refractivity contribution is 7.91. The first-order chi connectivity index (χ1) is 15.3. The molecule has 1 aliphatic carbocycles. The number of rotatable bonds is 8. The van der Waals surface area contributed by atoms with Crippen LogP contribution in [0.4, 0.5) is 13.2 Å². The van der Waals surface area contributed by atoms with Gasteiger partial charge in [-0.05, 0) is 43.0 Å². The molecule has 0 saturated heterocycles. The Hall–Kier alpha value is -2.61. The summed E-state index contributed by atoms with van der Waals surface area (Å²) in [5, 5.41) is 0. The third-order valence-electron chi connectivity index (χ3n) is 5.61. The van der Waals surface area contributed by atoms with Crippen molar-refractivity contribution in [3.05, 3.63) is 77.6 Å². The number of hydrogen-bond acceptors (Lipinski definition) is 4. The largest absolute Gasteiger partial charge is 0.458 e. The molecule has 1 unspecified atom stereocenters. The molecule has 0 spiro atoms. The molecule has 1 saturated carbocycles. The van der Waals surface area contributed by atoms with E-state index in [1.165, 1.54) is 6.08 Å². The number of carbonyl (C=O) groups excluding carboxylic acids is 1. The average molecular weight is 467 g/mol. The number of halogens is 3. The predicted molar refractivity (Wildman–Crippen MR) is 114 cm³/mol. The lowest BCUT2D eigenvalue weighted by Gasteiger charge is -2.29. The zero-order valence-corrected chi connectivity index (χ0v) is 18.3. The van der Waals surface area contributed by atoms with Gasteiger partial charge >= 0.3 is 5.97 Å². The molecule has 2 aromatic carbocycles. The zero-order chi connectivity index (χ0) is 23.1. The van der Waals surface area contributed by atoms with Crippen LogP contribution in [-0.4, -0.2) is 26.2 Å². The SMILES string of the molecule is O=C(OC(C/C=C/CS(=O)(=O)c1cc(F)c(F)c(F)c1)C1CCCCC1)c1ccccc1. The van der Waals surface area contributed by atoms with Gasteiger partial charge in [0.2, 0.25) is 0 Å². The lowest BCUT2D eigenvalue weighted by molar-refractivity contribution is 0.00877. The molecule has 0 heterocycles. The van der Waals surface area contributed by atoms with Crippen LogP contribution in [0.2, 0.25) is 0 Å². The van der Waals surface area contributed by atoms with E-state index in [9.17, 15) is 26.4 Å². The molecule has 3 rings (SSSR count). The number of carbonyl (C=O) groups is 1. The second-order valence-corrected chi connectivity index (χ2v) is 9.93. The van der Waals surface area contributed by atoms with E-state index in [2.05, 4.69) is 0 Å². The summed E-state index contributed by atoms with van der Waals surface area (Å²) in [7, 11) is -4.05. The van der Waals surface area contributed by atoms with Crippen LogP contribution in [-0.2, 0) is 14.6 Å². The van der Waals surface area contributed by atoms with Gasteiger partial charge in [0.15, 0.2) is 27.3 Å². The van der Waals surface area contributed by atoms with Gasteiger partial charge in [-0.1, -0.05) is 49.6 Å². The third kappa shape index (κ3) is 6.22. The van der Waals surface area contributed by atoms with Crippen LogP contribution in [0.1, 0.15) is 48.9 Å². The Morgan fingerprint density at radius 2 is 1.62 bits per heavy atom. The van der Waals surface area contributed by atoms with E-state index < -0.39 is 50.0 Å². The van der Waals surface area contributed by atoms with E-state index in [4.69, 9.17) is 4.74 Å². The lowest BCUT2D eigenvalue weighted by atomic mass is 9.84. The highest BCUT2D eigenvalue weighted by Crippen LogP contribution is 2.30. The van der Waals surface area contributed by atoms with E-state index >= 15 is 0 Å². The summed E-state index contributed by atoms with van der Waals surface area (Å²) in [6.07, 6.45) is 7.96. The maximum Gasteiger partial charge on any atom is 0.338 e. The first-order valence-electron chi connectivity index (χ1n) is 10.6. The highest BCUT2D eigenvalue weighted by atomic mass is 32.2. The fourth-order valence-electron chi connectivity index (χ4n) is 3.86. The Bertz CT molecular complexity index is 1040. The summed E-state index contributed by atoms with van der Waals surface area (Å²) >= 11 is 0. The number of ether oxygens (including phenoxy) is 1. The van der Waals surface area contributed by atoms with Crippen molar-refractivity contribution in [1.29, 1.82) is 0 Å². The molecule has 0 N–H and O–H groups in total. The van der Waals surface area contributed by atoms with Crippen LogP contribution in [0.25, 0.3) is 0 Å². The van der Waals surface area contributed by atoms with Crippen molar-refractivity contribution >= 4 is 15.8 Å². The molecule has 0 amide bonds. The number of hydrogen-bond donors (Lipinski definition) is 0. The van der Waals surface area contributed by atoms with E-state index in [0.29, 0.717) is 24.1 Å². The second kappa shape index (κ2) is 10.8. The van der Waals surface area contributed by atoms with Gasteiger partial charge in [0.05, 0.1) is 16.2 Å². The first-order valence-corrected chi connectivity index (χ1v) is 12.2. The molecule has 0 bridgehead atoms. The average Bonchev–Trinajstić information content (AvgIpc) is 2.80. The minimum atomic E-state index is -4.05.